The number of para-hydroxylation sites is 3. The van der Waals surface area contributed by atoms with Crippen LogP contribution in [0.1, 0.15) is 0 Å². The summed E-state index contributed by atoms with van der Waals surface area (Å²) in [4.78, 5) is 2.37. The van der Waals surface area contributed by atoms with E-state index in [1.165, 1.54) is 42.9 Å². The van der Waals surface area contributed by atoms with Gasteiger partial charge in [-0.25, -0.2) is 0 Å². The standard InChI is InChI=1S/C24H16IN/c25-17-14-15-19-20-10-4-6-12-23(20)26(18-8-2-1-3-9-18)24-13-7-5-11-21(24)22(19)16-17/h1-16H. The minimum Gasteiger partial charge on any atom is -0.309 e. The lowest BCUT2D eigenvalue weighted by molar-refractivity contribution is 1.29. The average molecular weight is 445 g/mol. The molecule has 4 aromatic carbocycles. The maximum Gasteiger partial charge on any atom is 0.0540 e. The van der Waals surface area contributed by atoms with Crippen molar-refractivity contribution in [3.63, 3.8) is 0 Å². The molecular weight excluding hydrogens is 429 g/mol. The Morgan fingerprint density at radius 1 is 0.500 bits per heavy atom. The molecule has 124 valence electrons. The van der Waals surface area contributed by atoms with Gasteiger partial charge in [-0.3, -0.25) is 0 Å². The number of halogens is 1. The van der Waals surface area contributed by atoms with E-state index in [4.69, 9.17) is 0 Å². The van der Waals surface area contributed by atoms with E-state index in [0.29, 0.717) is 0 Å². The Labute approximate surface area is 167 Å². The van der Waals surface area contributed by atoms with Crippen LogP contribution in [0.25, 0.3) is 22.3 Å². The molecule has 2 heteroatoms. The third-order valence-electron chi connectivity index (χ3n) is 4.87. The van der Waals surface area contributed by atoms with Crippen molar-refractivity contribution >= 4 is 39.7 Å². The average Bonchev–Trinajstić information content (AvgIpc) is 2.81. The molecule has 0 N–H and O–H groups in total. The lowest BCUT2D eigenvalue weighted by Crippen LogP contribution is -2.10. The Kier molecular flexibility index (Phi) is 3.79. The van der Waals surface area contributed by atoms with Crippen molar-refractivity contribution in [3.8, 4) is 22.3 Å². The lowest BCUT2D eigenvalue weighted by atomic mass is 9.95. The van der Waals surface area contributed by atoms with Gasteiger partial charge < -0.3 is 4.90 Å². The van der Waals surface area contributed by atoms with Gasteiger partial charge in [0.05, 0.1) is 11.4 Å². The summed E-state index contributed by atoms with van der Waals surface area (Å²) < 4.78 is 1.25. The number of anilines is 3. The van der Waals surface area contributed by atoms with Crippen molar-refractivity contribution in [2.45, 2.75) is 0 Å². The molecule has 0 aromatic heterocycles. The monoisotopic (exact) mass is 445 g/mol. The minimum atomic E-state index is 1.18. The van der Waals surface area contributed by atoms with Gasteiger partial charge in [0.1, 0.15) is 0 Å². The highest BCUT2D eigenvalue weighted by molar-refractivity contribution is 14.1. The summed E-state index contributed by atoms with van der Waals surface area (Å²) in [6.45, 7) is 0. The highest BCUT2D eigenvalue weighted by Crippen LogP contribution is 2.50. The van der Waals surface area contributed by atoms with Crippen LogP contribution < -0.4 is 4.90 Å². The Balaban J connectivity index is 1.92. The van der Waals surface area contributed by atoms with Gasteiger partial charge in [-0.1, -0.05) is 60.7 Å². The van der Waals surface area contributed by atoms with Crippen LogP contribution in [0.15, 0.2) is 97.1 Å². The molecule has 0 bridgehead atoms. The highest BCUT2D eigenvalue weighted by atomic mass is 127. The summed E-state index contributed by atoms with van der Waals surface area (Å²) in [5.41, 5.74) is 8.71. The molecule has 0 saturated heterocycles. The molecule has 0 fully saturated rings. The summed E-state index contributed by atoms with van der Waals surface area (Å²) in [5, 5.41) is 0. The first-order valence-electron chi connectivity index (χ1n) is 8.66. The van der Waals surface area contributed by atoms with Gasteiger partial charge in [-0.15, -0.1) is 0 Å². The maximum absolute atomic E-state index is 2.40. The summed E-state index contributed by atoms with van der Waals surface area (Å²) in [5.74, 6) is 0. The van der Waals surface area contributed by atoms with E-state index in [1.807, 2.05) is 0 Å². The molecule has 0 atom stereocenters. The summed E-state index contributed by atoms with van der Waals surface area (Å²) in [7, 11) is 0. The van der Waals surface area contributed by atoms with Crippen LogP contribution in [0.2, 0.25) is 0 Å². The highest BCUT2D eigenvalue weighted by Gasteiger charge is 2.25. The number of fused-ring (bicyclic) bond motifs is 5. The predicted molar refractivity (Wildman–Crippen MR) is 118 cm³/mol. The second kappa shape index (κ2) is 6.29. The van der Waals surface area contributed by atoms with Crippen molar-refractivity contribution < 1.29 is 0 Å². The van der Waals surface area contributed by atoms with Gasteiger partial charge in [0.25, 0.3) is 0 Å². The molecule has 0 saturated carbocycles. The van der Waals surface area contributed by atoms with Crippen molar-refractivity contribution in [1.82, 2.24) is 0 Å². The third-order valence-corrected chi connectivity index (χ3v) is 5.54. The van der Waals surface area contributed by atoms with Crippen molar-refractivity contribution in [1.29, 1.82) is 0 Å². The van der Waals surface area contributed by atoms with Crippen LogP contribution in [0, 0.1) is 3.57 Å². The van der Waals surface area contributed by atoms with Crippen LogP contribution in [0.5, 0.6) is 0 Å². The van der Waals surface area contributed by atoms with Gasteiger partial charge in [0, 0.05) is 20.4 Å². The molecule has 5 rings (SSSR count). The fraction of sp³-hybridized carbons (Fsp3) is 0. The number of benzene rings is 4. The van der Waals surface area contributed by atoms with E-state index in [2.05, 4.69) is 125 Å². The van der Waals surface area contributed by atoms with Gasteiger partial charge >= 0.3 is 0 Å². The fourth-order valence-corrected chi connectivity index (χ4v) is 4.24. The van der Waals surface area contributed by atoms with E-state index in [9.17, 15) is 0 Å². The van der Waals surface area contributed by atoms with Gasteiger partial charge in [0.15, 0.2) is 0 Å². The zero-order valence-electron chi connectivity index (χ0n) is 14.1. The smallest absolute Gasteiger partial charge is 0.0540 e. The number of hydrogen-bond donors (Lipinski definition) is 0. The Bertz CT molecular complexity index is 1100. The molecule has 26 heavy (non-hydrogen) atoms. The molecule has 0 amide bonds. The van der Waals surface area contributed by atoms with E-state index < -0.39 is 0 Å². The van der Waals surface area contributed by atoms with Gasteiger partial charge in [0.2, 0.25) is 0 Å². The zero-order valence-corrected chi connectivity index (χ0v) is 16.2. The maximum atomic E-state index is 2.40. The summed E-state index contributed by atoms with van der Waals surface area (Å²) >= 11 is 2.40. The van der Waals surface area contributed by atoms with Crippen molar-refractivity contribution in [2.24, 2.45) is 0 Å². The molecule has 1 heterocycles. The lowest BCUT2D eigenvalue weighted by Gasteiger charge is -2.27. The van der Waals surface area contributed by atoms with Crippen LogP contribution in [0.3, 0.4) is 0 Å². The molecule has 1 aliphatic heterocycles. The van der Waals surface area contributed by atoms with Crippen molar-refractivity contribution in [2.75, 3.05) is 4.90 Å². The second-order valence-corrected chi connectivity index (χ2v) is 7.64. The Morgan fingerprint density at radius 2 is 1.08 bits per heavy atom. The first-order chi connectivity index (χ1) is 12.8. The molecule has 0 spiro atoms. The van der Waals surface area contributed by atoms with Gasteiger partial charge in [-0.2, -0.15) is 0 Å². The fourth-order valence-electron chi connectivity index (χ4n) is 3.75. The largest absolute Gasteiger partial charge is 0.309 e. The molecule has 0 unspecified atom stereocenters. The Hall–Kier alpha value is -2.59. The molecule has 0 aliphatic carbocycles. The summed E-state index contributed by atoms with van der Waals surface area (Å²) in [6, 6.07) is 34.7. The topological polar surface area (TPSA) is 3.24 Å². The molecule has 1 aliphatic rings. The van der Waals surface area contributed by atoms with Crippen LogP contribution in [0.4, 0.5) is 17.1 Å². The van der Waals surface area contributed by atoms with Crippen LogP contribution >= 0.6 is 22.6 Å². The van der Waals surface area contributed by atoms with Crippen molar-refractivity contribution in [3.05, 3.63) is 101 Å². The summed E-state index contributed by atoms with van der Waals surface area (Å²) in [6.07, 6.45) is 0. The number of nitrogens with zero attached hydrogens (tertiary/aromatic N) is 1. The molecule has 1 nitrogen and oxygen atoms in total. The third kappa shape index (κ3) is 2.44. The van der Waals surface area contributed by atoms with Gasteiger partial charge in [-0.05, 0) is 70.1 Å². The second-order valence-electron chi connectivity index (χ2n) is 6.40. The first kappa shape index (κ1) is 15.6. The zero-order chi connectivity index (χ0) is 17.5. The SMILES string of the molecule is Ic1ccc2c(c1)-c1ccccc1N(c1ccccc1)c1ccccc1-2. The normalized spacial score (nSPS) is 12.0. The van der Waals surface area contributed by atoms with E-state index >= 15 is 0 Å². The van der Waals surface area contributed by atoms with E-state index in [0.717, 1.165) is 0 Å². The van der Waals surface area contributed by atoms with Crippen LogP contribution in [-0.2, 0) is 0 Å². The van der Waals surface area contributed by atoms with E-state index in [-0.39, 0.29) is 0 Å². The Morgan fingerprint density at radius 3 is 1.77 bits per heavy atom. The molecular formula is C24H16IN. The number of hydrogen-bond acceptors (Lipinski definition) is 1. The minimum absolute atomic E-state index is 1.18. The number of rotatable bonds is 1. The predicted octanol–water partition coefficient (Wildman–Crippen LogP) is 7.41. The quantitative estimate of drug-likeness (QED) is 0.243. The first-order valence-corrected chi connectivity index (χ1v) is 9.74. The van der Waals surface area contributed by atoms with E-state index in [1.54, 1.807) is 0 Å². The molecule has 4 aromatic rings. The van der Waals surface area contributed by atoms with Crippen LogP contribution in [-0.4, -0.2) is 0 Å². The molecule has 0 radical (unpaired) electrons.